The van der Waals surface area contributed by atoms with Crippen LogP contribution < -0.4 is 5.32 Å². The van der Waals surface area contributed by atoms with Gasteiger partial charge in [-0.25, -0.2) is 12.8 Å². The lowest BCUT2D eigenvalue weighted by molar-refractivity contribution is -0.120. The zero-order valence-corrected chi connectivity index (χ0v) is 16.5. The highest BCUT2D eigenvalue weighted by molar-refractivity contribution is 7.89. The highest BCUT2D eigenvalue weighted by Crippen LogP contribution is 2.27. The van der Waals surface area contributed by atoms with Crippen molar-refractivity contribution in [3.8, 4) is 0 Å². The smallest absolute Gasteiger partial charge is 0.243 e. The van der Waals surface area contributed by atoms with E-state index in [1.807, 2.05) is 42.5 Å². The standard InChI is InChI=1S/C22H21FN2O3S/c23-18-7-4-8-19(15-18)29(27,28)25-13-11-17(12-14-25)22(26)24-21-10-3-6-16-5-1-2-9-20(16)21/h1-10,15,17H,11-14H2,(H,24,26). The molecule has 1 saturated heterocycles. The van der Waals surface area contributed by atoms with Crippen LogP contribution in [-0.2, 0) is 14.8 Å². The second-order valence-corrected chi connectivity index (χ2v) is 9.09. The van der Waals surface area contributed by atoms with E-state index in [4.69, 9.17) is 0 Å². The van der Waals surface area contributed by atoms with Crippen molar-refractivity contribution in [2.24, 2.45) is 5.92 Å². The average Bonchev–Trinajstić information content (AvgIpc) is 2.74. The van der Waals surface area contributed by atoms with Gasteiger partial charge in [-0.15, -0.1) is 0 Å². The molecule has 0 atom stereocenters. The Kier molecular flexibility index (Phi) is 5.34. The number of nitrogens with one attached hydrogen (secondary N) is 1. The molecule has 7 heteroatoms. The van der Waals surface area contributed by atoms with Crippen molar-refractivity contribution in [1.82, 2.24) is 4.31 Å². The third-order valence-electron chi connectivity index (χ3n) is 5.31. The molecule has 0 bridgehead atoms. The minimum Gasteiger partial charge on any atom is -0.325 e. The van der Waals surface area contributed by atoms with Crippen molar-refractivity contribution < 1.29 is 17.6 Å². The number of sulfonamides is 1. The maximum atomic E-state index is 13.4. The monoisotopic (exact) mass is 412 g/mol. The quantitative estimate of drug-likeness (QED) is 0.704. The normalized spacial score (nSPS) is 16.0. The predicted molar refractivity (Wildman–Crippen MR) is 110 cm³/mol. The van der Waals surface area contributed by atoms with Crippen molar-refractivity contribution in [3.05, 3.63) is 72.5 Å². The van der Waals surface area contributed by atoms with Gasteiger partial charge in [-0.05, 0) is 42.5 Å². The molecule has 1 aliphatic heterocycles. The molecule has 0 unspecified atom stereocenters. The third kappa shape index (κ3) is 4.02. The zero-order valence-electron chi connectivity index (χ0n) is 15.7. The number of nitrogens with zero attached hydrogens (tertiary/aromatic N) is 1. The molecular weight excluding hydrogens is 391 g/mol. The zero-order chi connectivity index (χ0) is 20.4. The first-order valence-electron chi connectivity index (χ1n) is 9.49. The molecule has 1 amide bonds. The molecule has 0 radical (unpaired) electrons. The van der Waals surface area contributed by atoms with E-state index in [2.05, 4.69) is 5.32 Å². The van der Waals surface area contributed by atoms with E-state index in [0.29, 0.717) is 12.8 Å². The Labute approximate surface area is 169 Å². The van der Waals surface area contributed by atoms with Gasteiger partial charge >= 0.3 is 0 Å². The maximum Gasteiger partial charge on any atom is 0.243 e. The lowest BCUT2D eigenvalue weighted by Crippen LogP contribution is -2.41. The molecule has 1 aliphatic rings. The van der Waals surface area contributed by atoms with Crippen LogP contribution in [0.3, 0.4) is 0 Å². The number of anilines is 1. The first-order chi connectivity index (χ1) is 13.9. The van der Waals surface area contributed by atoms with E-state index >= 15 is 0 Å². The van der Waals surface area contributed by atoms with Crippen LogP contribution in [0.5, 0.6) is 0 Å². The first kappa shape index (κ1) is 19.5. The Hall–Kier alpha value is -2.77. The molecule has 150 valence electrons. The predicted octanol–water partition coefficient (Wildman–Crippen LogP) is 4.02. The Bertz CT molecular complexity index is 1150. The van der Waals surface area contributed by atoms with Crippen LogP contribution in [0.15, 0.2) is 71.6 Å². The minimum atomic E-state index is -3.76. The van der Waals surface area contributed by atoms with Gasteiger partial charge in [-0.1, -0.05) is 42.5 Å². The van der Waals surface area contributed by atoms with Crippen LogP contribution >= 0.6 is 0 Å². The lowest BCUT2D eigenvalue weighted by Gasteiger charge is -2.30. The molecule has 3 aromatic carbocycles. The number of carbonyl (C=O) groups excluding carboxylic acids is 1. The molecular formula is C22H21FN2O3S. The number of benzene rings is 3. The molecule has 4 rings (SSSR count). The molecule has 3 aromatic rings. The summed E-state index contributed by atoms with van der Waals surface area (Å²) < 4.78 is 40.2. The van der Waals surface area contributed by atoms with Gasteiger partial charge < -0.3 is 5.32 Å². The van der Waals surface area contributed by atoms with E-state index in [9.17, 15) is 17.6 Å². The number of halogens is 1. The van der Waals surface area contributed by atoms with Crippen LogP contribution in [-0.4, -0.2) is 31.7 Å². The van der Waals surface area contributed by atoms with Gasteiger partial charge in [0.2, 0.25) is 15.9 Å². The van der Waals surface area contributed by atoms with E-state index in [1.54, 1.807) is 0 Å². The van der Waals surface area contributed by atoms with E-state index in [-0.39, 0.29) is 29.8 Å². The summed E-state index contributed by atoms with van der Waals surface area (Å²) >= 11 is 0. The molecule has 0 saturated carbocycles. The number of fused-ring (bicyclic) bond motifs is 1. The third-order valence-corrected chi connectivity index (χ3v) is 7.20. The van der Waals surface area contributed by atoms with Gasteiger partial charge in [-0.3, -0.25) is 4.79 Å². The van der Waals surface area contributed by atoms with Crippen LogP contribution in [0.25, 0.3) is 10.8 Å². The molecule has 1 N–H and O–H groups in total. The molecule has 5 nitrogen and oxygen atoms in total. The van der Waals surface area contributed by atoms with Gasteiger partial charge in [0.25, 0.3) is 0 Å². The molecule has 0 spiro atoms. The number of amides is 1. The van der Waals surface area contributed by atoms with Crippen molar-refractivity contribution in [1.29, 1.82) is 0 Å². The Morgan fingerprint density at radius 3 is 2.41 bits per heavy atom. The summed E-state index contributed by atoms with van der Waals surface area (Å²) in [6.07, 6.45) is 0.844. The summed E-state index contributed by atoms with van der Waals surface area (Å²) in [5, 5.41) is 5.00. The fourth-order valence-corrected chi connectivity index (χ4v) is 5.21. The van der Waals surface area contributed by atoms with Crippen LogP contribution in [0.4, 0.5) is 10.1 Å². The molecule has 1 fully saturated rings. The lowest BCUT2D eigenvalue weighted by atomic mass is 9.97. The number of hydrogen-bond acceptors (Lipinski definition) is 3. The number of hydrogen-bond donors (Lipinski definition) is 1. The van der Waals surface area contributed by atoms with Crippen LogP contribution in [0, 0.1) is 11.7 Å². The van der Waals surface area contributed by atoms with Crippen LogP contribution in [0.1, 0.15) is 12.8 Å². The van der Waals surface area contributed by atoms with Gasteiger partial charge in [0.1, 0.15) is 5.82 Å². The maximum absolute atomic E-state index is 13.4. The second-order valence-electron chi connectivity index (χ2n) is 7.15. The van der Waals surface area contributed by atoms with Crippen LogP contribution in [0.2, 0.25) is 0 Å². The Balaban J connectivity index is 1.43. The Morgan fingerprint density at radius 1 is 0.966 bits per heavy atom. The van der Waals surface area contributed by atoms with E-state index < -0.39 is 15.8 Å². The largest absolute Gasteiger partial charge is 0.325 e. The fraction of sp³-hybridized carbons (Fsp3) is 0.227. The molecule has 29 heavy (non-hydrogen) atoms. The van der Waals surface area contributed by atoms with E-state index in [0.717, 1.165) is 22.5 Å². The first-order valence-corrected chi connectivity index (χ1v) is 10.9. The summed E-state index contributed by atoms with van der Waals surface area (Å²) in [4.78, 5) is 12.7. The SMILES string of the molecule is O=C(Nc1cccc2ccccc12)C1CCN(S(=O)(=O)c2cccc(F)c2)CC1. The summed E-state index contributed by atoms with van der Waals surface area (Å²) in [7, 11) is -3.76. The van der Waals surface area contributed by atoms with Gasteiger partial charge in [0.05, 0.1) is 4.90 Å². The molecule has 0 aromatic heterocycles. The molecule has 1 heterocycles. The Morgan fingerprint density at radius 2 is 1.66 bits per heavy atom. The summed E-state index contributed by atoms with van der Waals surface area (Å²) in [5.41, 5.74) is 0.753. The van der Waals surface area contributed by atoms with Gasteiger partial charge in [0, 0.05) is 30.1 Å². The second kappa shape index (κ2) is 7.93. The number of rotatable bonds is 4. The van der Waals surface area contributed by atoms with E-state index in [1.165, 1.54) is 22.5 Å². The van der Waals surface area contributed by atoms with Gasteiger partial charge in [0.15, 0.2) is 0 Å². The van der Waals surface area contributed by atoms with Crippen molar-refractivity contribution in [2.75, 3.05) is 18.4 Å². The van der Waals surface area contributed by atoms with Gasteiger partial charge in [-0.2, -0.15) is 4.31 Å². The fourth-order valence-electron chi connectivity index (χ4n) is 3.70. The topological polar surface area (TPSA) is 66.5 Å². The minimum absolute atomic E-state index is 0.0591. The summed E-state index contributed by atoms with van der Waals surface area (Å²) in [6.45, 7) is 0.457. The van der Waals surface area contributed by atoms with Crippen molar-refractivity contribution in [2.45, 2.75) is 17.7 Å². The molecule has 0 aliphatic carbocycles. The summed E-state index contributed by atoms with van der Waals surface area (Å²) in [5.74, 6) is -0.965. The number of piperidine rings is 1. The summed E-state index contributed by atoms with van der Waals surface area (Å²) in [6, 6.07) is 18.6. The highest BCUT2D eigenvalue weighted by atomic mass is 32.2. The average molecular weight is 412 g/mol. The van der Waals surface area contributed by atoms with Crippen molar-refractivity contribution >= 4 is 32.4 Å². The highest BCUT2D eigenvalue weighted by Gasteiger charge is 2.32. The number of carbonyl (C=O) groups is 1. The van der Waals surface area contributed by atoms with Crippen molar-refractivity contribution in [3.63, 3.8) is 0 Å².